The lowest BCUT2D eigenvalue weighted by Gasteiger charge is -2.10. The van der Waals surface area contributed by atoms with Crippen LogP contribution in [0.3, 0.4) is 0 Å². The van der Waals surface area contributed by atoms with Crippen LogP contribution in [0.2, 0.25) is 0 Å². The quantitative estimate of drug-likeness (QED) is 0.324. The summed E-state index contributed by atoms with van der Waals surface area (Å²) in [5, 5.41) is 17.7. The van der Waals surface area contributed by atoms with E-state index in [1.54, 1.807) is 18.5 Å². The van der Waals surface area contributed by atoms with Crippen LogP contribution in [0.25, 0.3) is 11.6 Å². The fraction of sp³-hybridized carbons (Fsp3) is 0.375. The fourth-order valence-electron chi connectivity index (χ4n) is 2.26. The number of hydrogen-bond donors (Lipinski definition) is 3. The SMILES string of the molecule is CCNC(=NCc1nc(-c2ccco2)n[nH]1)NCCCn1cccn1. The molecule has 0 aromatic carbocycles. The van der Waals surface area contributed by atoms with Gasteiger partial charge in [-0.1, -0.05) is 0 Å². The third-order valence-electron chi connectivity index (χ3n) is 3.42. The van der Waals surface area contributed by atoms with Crippen LogP contribution in [0.1, 0.15) is 19.2 Å². The number of hydrogen-bond acceptors (Lipinski definition) is 5. The Morgan fingerprint density at radius 1 is 1.36 bits per heavy atom. The van der Waals surface area contributed by atoms with Gasteiger partial charge in [0, 0.05) is 32.0 Å². The second-order valence-electron chi connectivity index (χ2n) is 5.33. The predicted octanol–water partition coefficient (Wildman–Crippen LogP) is 1.41. The van der Waals surface area contributed by atoms with E-state index in [1.807, 2.05) is 29.9 Å². The largest absolute Gasteiger partial charge is 0.461 e. The molecule has 0 radical (unpaired) electrons. The number of aliphatic imine (C=N–C) groups is 1. The predicted molar refractivity (Wildman–Crippen MR) is 93.7 cm³/mol. The zero-order chi connectivity index (χ0) is 17.3. The van der Waals surface area contributed by atoms with Crippen LogP contribution in [-0.2, 0) is 13.1 Å². The Balaban J connectivity index is 1.49. The fourth-order valence-corrected chi connectivity index (χ4v) is 2.26. The van der Waals surface area contributed by atoms with Crippen LogP contribution >= 0.6 is 0 Å². The first-order valence-electron chi connectivity index (χ1n) is 8.30. The van der Waals surface area contributed by atoms with Crippen LogP contribution in [0, 0.1) is 0 Å². The molecule has 0 saturated carbocycles. The lowest BCUT2D eigenvalue weighted by Crippen LogP contribution is -2.38. The number of aryl methyl sites for hydroxylation is 1. The summed E-state index contributed by atoms with van der Waals surface area (Å²) in [4.78, 5) is 8.90. The van der Waals surface area contributed by atoms with Gasteiger partial charge in [0.2, 0.25) is 5.82 Å². The summed E-state index contributed by atoms with van der Waals surface area (Å²) >= 11 is 0. The van der Waals surface area contributed by atoms with Gasteiger partial charge in [0.05, 0.1) is 6.26 Å². The normalized spacial score (nSPS) is 11.6. The van der Waals surface area contributed by atoms with Gasteiger partial charge in [-0.15, -0.1) is 5.10 Å². The molecule has 0 amide bonds. The van der Waals surface area contributed by atoms with Crippen LogP contribution in [0.15, 0.2) is 46.3 Å². The van der Waals surface area contributed by atoms with Crippen molar-refractivity contribution in [2.75, 3.05) is 13.1 Å². The molecular formula is C16H22N8O. The Morgan fingerprint density at radius 2 is 2.32 bits per heavy atom. The minimum Gasteiger partial charge on any atom is -0.461 e. The maximum atomic E-state index is 5.28. The van der Waals surface area contributed by atoms with Gasteiger partial charge in [-0.05, 0) is 31.5 Å². The van der Waals surface area contributed by atoms with E-state index in [9.17, 15) is 0 Å². The molecule has 3 aromatic rings. The van der Waals surface area contributed by atoms with Gasteiger partial charge >= 0.3 is 0 Å². The van der Waals surface area contributed by atoms with Crippen molar-refractivity contribution in [3.63, 3.8) is 0 Å². The summed E-state index contributed by atoms with van der Waals surface area (Å²) in [6.07, 6.45) is 6.30. The molecule has 0 aliphatic carbocycles. The zero-order valence-electron chi connectivity index (χ0n) is 14.1. The van der Waals surface area contributed by atoms with Crippen molar-refractivity contribution in [2.24, 2.45) is 4.99 Å². The first-order chi connectivity index (χ1) is 12.3. The van der Waals surface area contributed by atoms with E-state index in [-0.39, 0.29) is 0 Å². The number of nitrogens with zero attached hydrogens (tertiary/aromatic N) is 5. The van der Waals surface area contributed by atoms with Crippen LogP contribution in [0.5, 0.6) is 0 Å². The molecule has 0 unspecified atom stereocenters. The molecule has 0 fully saturated rings. The maximum Gasteiger partial charge on any atom is 0.216 e. The first-order valence-corrected chi connectivity index (χ1v) is 8.30. The highest BCUT2D eigenvalue weighted by Gasteiger charge is 2.08. The van der Waals surface area contributed by atoms with Crippen molar-refractivity contribution in [3.05, 3.63) is 42.7 Å². The zero-order valence-corrected chi connectivity index (χ0v) is 14.1. The Hall–Kier alpha value is -3.10. The van der Waals surface area contributed by atoms with E-state index in [0.29, 0.717) is 24.0 Å². The van der Waals surface area contributed by atoms with E-state index in [1.165, 1.54) is 0 Å². The molecule has 9 heteroatoms. The standard InChI is InChI=1S/C16H22N8O/c1-2-17-16(18-7-4-9-24-10-5-8-20-24)19-12-14-21-15(23-22-14)13-6-3-11-25-13/h3,5-6,8,10-11H,2,4,7,9,12H2,1H3,(H2,17,18,19)(H,21,22,23). The van der Waals surface area contributed by atoms with Crippen molar-refractivity contribution in [2.45, 2.75) is 26.4 Å². The maximum absolute atomic E-state index is 5.28. The molecular weight excluding hydrogens is 320 g/mol. The van der Waals surface area contributed by atoms with Gasteiger partial charge in [-0.2, -0.15) is 5.10 Å². The minimum absolute atomic E-state index is 0.405. The average Bonchev–Trinajstić information content (AvgIpc) is 3.38. The molecule has 9 nitrogen and oxygen atoms in total. The van der Waals surface area contributed by atoms with Gasteiger partial charge in [-0.25, -0.2) is 9.98 Å². The summed E-state index contributed by atoms with van der Waals surface area (Å²) in [5.41, 5.74) is 0. The molecule has 0 saturated heterocycles. The number of rotatable bonds is 8. The third-order valence-corrected chi connectivity index (χ3v) is 3.42. The van der Waals surface area contributed by atoms with E-state index < -0.39 is 0 Å². The van der Waals surface area contributed by atoms with E-state index in [0.717, 1.165) is 32.0 Å². The second-order valence-corrected chi connectivity index (χ2v) is 5.33. The lowest BCUT2D eigenvalue weighted by atomic mass is 10.4. The summed E-state index contributed by atoms with van der Waals surface area (Å²) in [6, 6.07) is 5.55. The van der Waals surface area contributed by atoms with E-state index in [2.05, 4.69) is 35.9 Å². The third kappa shape index (κ3) is 4.93. The second kappa shape index (κ2) is 8.67. The van der Waals surface area contributed by atoms with E-state index >= 15 is 0 Å². The van der Waals surface area contributed by atoms with Gasteiger partial charge < -0.3 is 15.1 Å². The average molecular weight is 342 g/mol. The molecule has 3 N–H and O–H groups in total. The number of H-pyrrole nitrogens is 1. The summed E-state index contributed by atoms with van der Waals surface area (Å²) in [6.45, 7) is 4.90. The molecule has 3 aromatic heterocycles. The number of furan rings is 1. The Morgan fingerprint density at radius 3 is 3.08 bits per heavy atom. The first kappa shape index (κ1) is 16.7. The van der Waals surface area contributed by atoms with Crippen molar-refractivity contribution in [1.29, 1.82) is 0 Å². The lowest BCUT2D eigenvalue weighted by molar-refractivity contribution is 0.570. The monoisotopic (exact) mass is 342 g/mol. The molecule has 3 heterocycles. The Bertz CT molecular complexity index is 760. The van der Waals surface area contributed by atoms with E-state index in [4.69, 9.17) is 4.42 Å². The molecule has 0 spiro atoms. The highest BCUT2D eigenvalue weighted by molar-refractivity contribution is 5.79. The molecule has 132 valence electrons. The number of aromatic amines is 1. The van der Waals surface area contributed by atoms with Gasteiger partial charge in [0.1, 0.15) is 12.4 Å². The smallest absolute Gasteiger partial charge is 0.216 e. The molecule has 0 atom stereocenters. The highest BCUT2D eigenvalue weighted by atomic mass is 16.3. The Kier molecular flexibility index (Phi) is 5.81. The number of aromatic nitrogens is 5. The minimum atomic E-state index is 0.405. The number of nitrogens with one attached hydrogen (secondary N) is 3. The van der Waals surface area contributed by atoms with Crippen LogP contribution < -0.4 is 10.6 Å². The van der Waals surface area contributed by atoms with Gasteiger partial charge in [0.25, 0.3) is 0 Å². The molecule has 0 aliphatic rings. The molecule has 25 heavy (non-hydrogen) atoms. The van der Waals surface area contributed by atoms with Crippen molar-refractivity contribution in [3.8, 4) is 11.6 Å². The summed E-state index contributed by atoms with van der Waals surface area (Å²) in [7, 11) is 0. The molecule has 0 aliphatic heterocycles. The van der Waals surface area contributed by atoms with Gasteiger partial charge in [-0.3, -0.25) is 9.78 Å². The highest BCUT2D eigenvalue weighted by Crippen LogP contribution is 2.14. The molecule has 3 rings (SSSR count). The summed E-state index contributed by atoms with van der Waals surface area (Å²) in [5.74, 6) is 2.60. The Labute approximate surface area is 145 Å². The summed E-state index contributed by atoms with van der Waals surface area (Å²) < 4.78 is 7.19. The van der Waals surface area contributed by atoms with Crippen LogP contribution in [0.4, 0.5) is 0 Å². The number of guanidine groups is 1. The van der Waals surface area contributed by atoms with Gasteiger partial charge in [0.15, 0.2) is 11.7 Å². The van der Waals surface area contributed by atoms with Crippen LogP contribution in [-0.4, -0.2) is 44.0 Å². The van der Waals surface area contributed by atoms with Crippen molar-refractivity contribution < 1.29 is 4.42 Å². The van der Waals surface area contributed by atoms with Crippen molar-refractivity contribution >= 4 is 5.96 Å². The van der Waals surface area contributed by atoms with Crippen molar-refractivity contribution in [1.82, 2.24) is 35.6 Å². The topological polar surface area (TPSA) is 109 Å². The molecule has 0 bridgehead atoms.